The van der Waals surface area contributed by atoms with Crippen LogP contribution in [0.3, 0.4) is 0 Å². The van der Waals surface area contributed by atoms with E-state index in [-0.39, 0.29) is 22.4 Å². The van der Waals surface area contributed by atoms with Crippen molar-refractivity contribution in [2.75, 3.05) is 10.2 Å². The molecule has 0 fully saturated rings. The van der Waals surface area contributed by atoms with E-state index < -0.39 is 23.7 Å². The van der Waals surface area contributed by atoms with E-state index >= 15 is 0 Å². The molecule has 0 aromatic heterocycles. The van der Waals surface area contributed by atoms with Crippen LogP contribution >= 0.6 is 0 Å². The van der Waals surface area contributed by atoms with Crippen LogP contribution < -0.4 is 15.0 Å². The van der Waals surface area contributed by atoms with Gasteiger partial charge in [-0.3, -0.25) is 19.2 Å². The van der Waals surface area contributed by atoms with Crippen LogP contribution in [0, 0.1) is 0 Å². The van der Waals surface area contributed by atoms with Gasteiger partial charge in [-0.2, -0.15) is 0 Å². The number of hydrogen-bond donors (Lipinski definition) is 1. The molecule has 1 aliphatic heterocycles. The Hall–Kier alpha value is -4.26. The van der Waals surface area contributed by atoms with Gasteiger partial charge in [-0.15, -0.1) is 0 Å². The smallest absolute Gasteiger partial charge is 0.308 e. The molecule has 1 aliphatic rings. The van der Waals surface area contributed by atoms with Gasteiger partial charge in [0.1, 0.15) is 5.75 Å². The summed E-state index contributed by atoms with van der Waals surface area (Å²) < 4.78 is 4.99. The molecule has 0 aliphatic carbocycles. The highest BCUT2D eigenvalue weighted by Crippen LogP contribution is 2.30. The summed E-state index contributed by atoms with van der Waals surface area (Å²) in [6.07, 6.45) is 0. The maximum Gasteiger partial charge on any atom is 0.308 e. The third-order valence-corrected chi connectivity index (χ3v) is 4.52. The van der Waals surface area contributed by atoms with E-state index in [4.69, 9.17) is 4.74 Å². The summed E-state index contributed by atoms with van der Waals surface area (Å²) in [6, 6.07) is 19.4. The van der Waals surface area contributed by atoms with Crippen LogP contribution in [0.2, 0.25) is 0 Å². The quantitative estimate of drug-likeness (QED) is 0.410. The molecule has 3 amide bonds. The van der Waals surface area contributed by atoms with Crippen LogP contribution in [0.5, 0.6) is 5.75 Å². The molecule has 7 heteroatoms. The number of nitrogens with zero attached hydrogens (tertiary/aromatic N) is 1. The van der Waals surface area contributed by atoms with E-state index in [2.05, 4.69) is 5.32 Å². The lowest BCUT2D eigenvalue weighted by atomic mass is 10.1. The number of amides is 3. The molecule has 30 heavy (non-hydrogen) atoms. The van der Waals surface area contributed by atoms with Crippen molar-refractivity contribution < 1.29 is 23.9 Å². The first-order valence-corrected chi connectivity index (χ1v) is 9.12. The zero-order valence-corrected chi connectivity index (χ0v) is 15.9. The van der Waals surface area contributed by atoms with Crippen LogP contribution in [0.1, 0.15) is 38.0 Å². The van der Waals surface area contributed by atoms with Crippen molar-refractivity contribution in [2.45, 2.75) is 6.92 Å². The van der Waals surface area contributed by atoms with Gasteiger partial charge in [0, 0.05) is 18.2 Å². The van der Waals surface area contributed by atoms with E-state index in [9.17, 15) is 19.2 Å². The molecule has 0 atom stereocenters. The normalized spacial score (nSPS) is 12.5. The first-order chi connectivity index (χ1) is 14.4. The highest BCUT2D eigenvalue weighted by Gasteiger charge is 2.36. The number of para-hydroxylation sites is 1. The predicted molar refractivity (Wildman–Crippen MR) is 110 cm³/mol. The number of imide groups is 1. The zero-order valence-electron chi connectivity index (χ0n) is 15.9. The zero-order chi connectivity index (χ0) is 21.3. The maximum atomic E-state index is 12.8. The van der Waals surface area contributed by atoms with Crippen LogP contribution in [0.25, 0.3) is 0 Å². The average Bonchev–Trinajstić information content (AvgIpc) is 2.98. The second-order valence-corrected chi connectivity index (χ2v) is 6.62. The number of nitrogens with one attached hydrogen (secondary N) is 1. The number of rotatable bonds is 4. The Morgan fingerprint density at radius 2 is 1.57 bits per heavy atom. The molecule has 4 rings (SSSR count). The van der Waals surface area contributed by atoms with Crippen LogP contribution in [-0.4, -0.2) is 23.7 Å². The van der Waals surface area contributed by atoms with Gasteiger partial charge < -0.3 is 10.1 Å². The molecule has 0 unspecified atom stereocenters. The molecule has 148 valence electrons. The van der Waals surface area contributed by atoms with Crippen molar-refractivity contribution in [1.82, 2.24) is 0 Å². The van der Waals surface area contributed by atoms with Crippen molar-refractivity contribution in [3.63, 3.8) is 0 Å². The molecule has 1 heterocycles. The van der Waals surface area contributed by atoms with Gasteiger partial charge in [0.05, 0.1) is 16.8 Å². The van der Waals surface area contributed by atoms with Gasteiger partial charge in [0.25, 0.3) is 17.7 Å². The molecule has 3 aromatic rings. The summed E-state index contributed by atoms with van der Waals surface area (Å²) in [5, 5.41) is 2.70. The number of fused-ring (bicyclic) bond motifs is 1. The lowest BCUT2D eigenvalue weighted by Crippen LogP contribution is -2.29. The lowest BCUT2D eigenvalue weighted by Gasteiger charge is -2.13. The molecule has 7 nitrogen and oxygen atoms in total. The molecule has 0 radical (unpaired) electrons. The van der Waals surface area contributed by atoms with Gasteiger partial charge in [0.2, 0.25) is 0 Å². The Morgan fingerprint density at radius 1 is 0.833 bits per heavy atom. The first kappa shape index (κ1) is 19.1. The van der Waals surface area contributed by atoms with Gasteiger partial charge in [-0.1, -0.05) is 24.3 Å². The van der Waals surface area contributed by atoms with Gasteiger partial charge in [-0.05, 0) is 48.5 Å². The number of hydrogen-bond acceptors (Lipinski definition) is 5. The van der Waals surface area contributed by atoms with E-state index in [1.807, 2.05) is 0 Å². The minimum atomic E-state index is -0.489. The standard InChI is InChI=1S/C23H16N2O5/c1-14(26)30-18-9-5-6-15(12-18)21(27)24-16-10-11-19-20(13-16)23(29)25(22(19)28)17-7-3-2-4-8-17/h2-13H,1H3,(H,24,27). The molecule has 3 aromatic carbocycles. The SMILES string of the molecule is CC(=O)Oc1cccc(C(=O)Nc2ccc3c(c2)C(=O)N(c2ccccc2)C3=O)c1. The number of anilines is 2. The third-order valence-electron chi connectivity index (χ3n) is 4.52. The maximum absolute atomic E-state index is 12.8. The number of benzene rings is 3. The minimum absolute atomic E-state index is 0.218. The molecular weight excluding hydrogens is 384 g/mol. The molecule has 0 bridgehead atoms. The van der Waals surface area contributed by atoms with Gasteiger partial charge >= 0.3 is 5.97 Å². The Kier molecular flexibility index (Phi) is 4.85. The summed E-state index contributed by atoms with van der Waals surface area (Å²) >= 11 is 0. The van der Waals surface area contributed by atoms with Gasteiger partial charge in [0.15, 0.2) is 0 Å². The molecular formula is C23H16N2O5. The predicted octanol–water partition coefficient (Wildman–Crippen LogP) is 3.66. The largest absolute Gasteiger partial charge is 0.427 e. The van der Waals surface area contributed by atoms with Gasteiger partial charge in [-0.25, -0.2) is 4.90 Å². The number of ether oxygens (including phenoxy) is 1. The monoisotopic (exact) mass is 400 g/mol. The second-order valence-electron chi connectivity index (χ2n) is 6.62. The number of carbonyl (C=O) groups is 4. The van der Waals surface area contributed by atoms with E-state index in [0.29, 0.717) is 11.4 Å². The number of carbonyl (C=O) groups excluding carboxylic acids is 4. The fraction of sp³-hybridized carbons (Fsp3) is 0.0435. The Bertz CT molecular complexity index is 1190. The highest BCUT2D eigenvalue weighted by atomic mass is 16.5. The minimum Gasteiger partial charge on any atom is -0.427 e. The molecule has 0 spiro atoms. The van der Waals surface area contributed by atoms with E-state index in [1.54, 1.807) is 54.6 Å². The van der Waals surface area contributed by atoms with Crippen molar-refractivity contribution >= 4 is 35.1 Å². The van der Waals surface area contributed by atoms with Crippen LogP contribution in [0.15, 0.2) is 72.8 Å². The summed E-state index contributed by atoms with van der Waals surface area (Å²) in [4.78, 5) is 50.2. The molecule has 1 N–H and O–H groups in total. The number of esters is 1. The summed E-state index contributed by atoms with van der Waals surface area (Å²) in [5.41, 5.74) is 1.63. The summed E-state index contributed by atoms with van der Waals surface area (Å²) in [5.74, 6) is -1.54. The highest BCUT2D eigenvalue weighted by molar-refractivity contribution is 6.34. The molecule has 0 saturated heterocycles. The van der Waals surface area contributed by atoms with Crippen molar-refractivity contribution in [3.8, 4) is 5.75 Å². The average molecular weight is 400 g/mol. The molecule has 0 saturated carbocycles. The topological polar surface area (TPSA) is 92.8 Å². The second kappa shape index (κ2) is 7.63. The summed E-state index contributed by atoms with van der Waals surface area (Å²) in [7, 11) is 0. The lowest BCUT2D eigenvalue weighted by molar-refractivity contribution is -0.131. The van der Waals surface area contributed by atoms with Crippen LogP contribution in [-0.2, 0) is 4.79 Å². The van der Waals surface area contributed by atoms with Crippen molar-refractivity contribution in [3.05, 3.63) is 89.5 Å². The van der Waals surface area contributed by atoms with Crippen molar-refractivity contribution in [2.24, 2.45) is 0 Å². The Balaban J connectivity index is 1.57. The third kappa shape index (κ3) is 3.56. The first-order valence-electron chi connectivity index (χ1n) is 9.12. The van der Waals surface area contributed by atoms with Crippen LogP contribution in [0.4, 0.5) is 11.4 Å². The summed E-state index contributed by atoms with van der Waals surface area (Å²) in [6.45, 7) is 1.27. The fourth-order valence-electron chi connectivity index (χ4n) is 3.20. The van der Waals surface area contributed by atoms with E-state index in [1.165, 1.54) is 25.1 Å². The Labute approximate surface area is 171 Å². The Morgan fingerprint density at radius 3 is 2.30 bits per heavy atom. The van der Waals surface area contributed by atoms with Crippen molar-refractivity contribution in [1.29, 1.82) is 0 Å². The van der Waals surface area contributed by atoms with E-state index in [0.717, 1.165) is 4.90 Å². The fourth-order valence-corrected chi connectivity index (χ4v) is 3.20.